The van der Waals surface area contributed by atoms with Crippen molar-refractivity contribution < 1.29 is 28.6 Å². The van der Waals surface area contributed by atoms with E-state index in [-0.39, 0.29) is 17.2 Å². The van der Waals surface area contributed by atoms with Crippen LogP contribution in [0.3, 0.4) is 0 Å². The molecule has 0 unspecified atom stereocenters. The van der Waals surface area contributed by atoms with E-state index >= 15 is 0 Å². The second-order valence-electron chi connectivity index (χ2n) is 12.9. The predicted molar refractivity (Wildman–Crippen MR) is 209 cm³/mol. The zero-order chi connectivity index (χ0) is 38.0. The predicted octanol–water partition coefficient (Wildman–Crippen LogP) is 12.1. The normalized spacial score (nSPS) is 12.4. The van der Waals surface area contributed by atoms with Crippen molar-refractivity contribution in [2.45, 2.75) is 51.7 Å². The van der Waals surface area contributed by atoms with E-state index in [1.807, 2.05) is 78.9 Å². The van der Waals surface area contributed by atoms with Gasteiger partial charge >= 0.3 is 12.2 Å². The highest BCUT2D eigenvalue weighted by molar-refractivity contribution is 6.31. The lowest BCUT2D eigenvalue weighted by molar-refractivity contribution is -0.0491. The van der Waals surface area contributed by atoms with Gasteiger partial charge in [-0.1, -0.05) is 94.9 Å². The van der Waals surface area contributed by atoms with Crippen molar-refractivity contribution in [2.75, 3.05) is 12.1 Å². The number of anilines is 1. The molecule has 6 rings (SSSR count). The van der Waals surface area contributed by atoms with E-state index in [2.05, 4.69) is 0 Å². The minimum atomic E-state index is -0.937. The van der Waals surface area contributed by atoms with Crippen LogP contribution < -0.4 is 14.6 Å². The summed E-state index contributed by atoms with van der Waals surface area (Å²) in [6, 6.07) is 31.8. The van der Waals surface area contributed by atoms with E-state index in [1.165, 1.54) is 7.11 Å². The summed E-state index contributed by atoms with van der Waals surface area (Å²) < 4.78 is 17.5. The van der Waals surface area contributed by atoms with Gasteiger partial charge in [-0.3, -0.25) is 0 Å². The SMILES string of the molecule is COc1c(C(c2ccc(Cl)cc2)c2ccc(Cl)cc2)cc(C(c2ccc(Cl)cc2)c2ccc(Cl)cc2)c2c1N(C(=O)OC(C)C)N(C(=O)OC(C)C)O2. The zero-order valence-electron chi connectivity index (χ0n) is 29.5. The van der Waals surface area contributed by atoms with Gasteiger partial charge in [0.15, 0.2) is 17.2 Å². The molecule has 12 heteroatoms. The number of ether oxygens (including phenoxy) is 3. The van der Waals surface area contributed by atoms with Crippen molar-refractivity contribution >= 4 is 64.3 Å². The Kier molecular flexibility index (Phi) is 11.6. The summed E-state index contributed by atoms with van der Waals surface area (Å²) in [6.45, 7) is 6.81. The number of hydroxylamine groups is 1. The number of methoxy groups -OCH3 is 1. The van der Waals surface area contributed by atoms with Gasteiger partial charge in [0, 0.05) is 43.1 Å². The molecule has 274 valence electrons. The molecule has 0 saturated carbocycles. The number of fused-ring (bicyclic) bond motifs is 1. The maximum atomic E-state index is 14.1. The number of hydrogen-bond donors (Lipinski definition) is 0. The van der Waals surface area contributed by atoms with Crippen LogP contribution in [0, 0.1) is 0 Å². The summed E-state index contributed by atoms with van der Waals surface area (Å²) in [5.41, 5.74) is 4.79. The van der Waals surface area contributed by atoms with Gasteiger partial charge in [0.2, 0.25) is 0 Å². The van der Waals surface area contributed by atoms with Crippen LogP contribution >= 0.6 is 46.4 Å². The van der Waals surface area contributed by atoms with Crippen molar-refractivity contribution in [1.82, 2.24) is 5.17 Å². The first kappa shape index (κ1) is 38.1. The molecule has 0 N–H and O–H groups in total. The van der Waals surface area contributed by atoms with Crippen LogP contribution in [0.1, 0.15) is 72.9 Å². The van der Waals surface area contributed by atoms with Gasteiger partial charge < -0.3 is 19.0 Å². The lowest BCUT2D eigenvalue weighted by Crippen LogP contribution is -2.49. The number of benzene rings is 5. The van der Waals surface area contributed by atoms with Gasteiger partial charge in [-0.15, -0.1) is 5.01 Å². The van der Waals surface area contributed by atoms with Gasteiger partial charge in [-0.25, -0.2) is 9.59 Å². The van der Waals surface area contributed by atoms with Gasteiger partial charge in [0.1, 0.15) is 0 Å². The van der Waals surface area contributed by atoms with Gasteiger partial charge in [0.25, 0.3) is 0 Å². The fraction of sp³-hybridized carbons (Fsp3) is 0.220. The smallest absolute Gasteiger partial charge is 0.464 e. The lowest BCUT2D eigenvalue weighted by Gasteiger charge is -2.28. The largest absolute Gasteiger partial charge is 0.494 e. The maximum Gasteiger partial charge on any atom is 0.464 e. The highest BCUT2D eigenvalue weighted by Gasteiger charge is 2.47. The average molecular weight is 795 g/mol. The molecule has 0 fully saturated rings. The molecule has 2 amide bonds. The third kappa shape index (κ3) is 8.16. The second kappa shape index (κ2) is 16.2. The van der Waals surface area contributed by atoms with E-state index < -0.39 is 36.2 Å². The molecule has 0 spiro atoms. The third-order valence-electron chi connectivity index (χ3n) is 8.48. The van der Waals surface area contributed by atoms with Crippen molar-refractivity contribution in [3.05, 3.63) is 157 Å². The summed E-state index contributed by atoms with van der Waals surface area (Å²) in [5, 5.41) is 4.02. The Hall–Kier alpha value is -4.60. The molecule has 1 aliphatic rings. The summed E-state index contributed by atoms with van der Waals surface area (Å²) in [6.07, 6.45) is -2.91. The molecule has 5 aromatic rings. The van der Waals surface area contributed by atoms with Crippen molar-refractivity contribution in [1.29, 1.82) is 0 Å². The monoisotopic (exact) mass is 792 g/mol. The lowest BCUT2D eigenvalue weighted by atomic mass is 9.79. The molecule has 0 aliphatic carbocycles. The van der Waals surface area contributed by atoms with Gasteiger partial charge in [0.05, 0.1) is 19.3 Å². The minimum Gasteiger partial charge on any atom is -0.494 e. The Morgan fingerprint density at radius 1 is 0.566 bits per heavy atom. The van der Waals surface area contributed by atoms with E-state index in [1.54, 1.807) is 52.0 Å². The molecule has 5 aromatic carbocycles. The molecule has 0 bridgehead atoms. The molecular weight excluding hydrogens is 758 g/mol. The van der Waals surface area contributed by atoms with Crippen LogP contribution in [0.4, 0.5) is 15.3 Å². The van der Waals surface area contributed by atoms with E-state index in [9.17, 15) is 9.59 Å². The van der Waals surface area contributed by atoms with Crippen molar-refractivity contribution in [3.63, 3.8) is 0 Å². The topological polar surface area (TPSA) is 77.5 Å². The number of carbonyl (C=O) groups is 2. The number of halogens is 4. The Morgan fingerprint density at radius 2 is 0.925 bits per heavy atom. The number of hydrazine groups is 1. The number of hydrogen-bond acceptors (Lipinski definition) is 6. The van der Waals surface area contributed by atoms with Crippen LogP contribution in [0.5, 0.6) is 11.5 Å². The molecule has 8 nitrogen and oxygen atoms in total. The number of nitrogens with zero attached hydrogens (tertiary/aromatic N) is 2. The summed E-state index contributed by atoms with van der Waals surface area (Å²) >= 11 is 25.5. The summed E-state index contributed by atoms with van der Waals surface area (Å²) in [7, 11) is 1.50. The molecule has 53 heavy (non-hydrogen) atoms. The first-order valence-electron chi connectivity index (χ1n) is 16.8. The van der Waals surface area contributed by atoms with E-state index in [0.717, 1.165) is 32.4 Å². The first-order chi connectivity index (χ1) is 25.4. The summed E-state index contributed by atoms with van der Waals surface area (Å²) in [4.78, 5) is 34.3. The van der Waals surface area contributed by atoms with Crippen molar-refractivity contribution in [2.24, 2.45) is 0 Å². The quantitative estimate of drug-likeness (QED) is 0.138. The number of amides is 2. The van der Waals surface area contributed by atoms with Crippen LogP contribution in [-0.4, -0.2) is 36.7 Å². The van der Waals surface area contributed by atoms with Gasteiger partial charge in [-0.2, -0.15) is 0 Å². The van der Waals surface area contributed by atoms with Crippen molar-refractivity contribution in [3.8, 4) is 11.5 Å². The van der Waals surface area contributed by atoms with Crippen LogP contribution in [-0.2, 0) is 9.47 Å². The Labute approximate surface area is 328 Å². The maximum absolute atomic E-state index is 14.1. The zero-order valence-corrected chi connectivity index (χ0v) is 32.5. The highest BCUT2D eigenvalue weighted by atomic mass is 35.5. The van der Waals surface area contributed by atoms with Crippen LogP contribution in [0.25, 0.3) is 0 Å². The Balaban J connectivity index is 1.74. The molecular formula is C41H36Cl4N2O6. The summed E-state index contributed by atoms with van der Waals surface area (Å²) in [5.74, 6) is -0.611. The Bertz CT molecular complexity index is 2000. The van der Waals surface area contributed by atoms with E-state index in [0.29, 0.717) is 31.2 Å². The first-order valence-corrected chi connectivity index (χ1v) is 18.3. The fourth-order valence-electron chi connectivity index (χ4n) is 6.33. The Morgan fingerprint density at radius 3 is 1.28 bits per heavy atom. The van der Waals surface area contributed by atoms with Crippen LogP contribution in [0.2, 0.25) is 20.1 Å². The fourth-order valence-corrected chi connectivity index (χ4v) is 6.84. The molecule has 0 atom stereocenters. The standard InChI is InChI=1S/C41H36Cl4N2O6/c1-23(2)51-40(48)46-37-38(50-5)33(35(25-6-14-29(42)15-7-25)26-8-16-30(43)17-9-26)22-34(39(37)53-47(46)41(49)52-24(3)4)36(27-10-18-31(44)19-11-27)28-12-20-32(45)21-13-28/h6-24,35-36H,1-5H3. The average Bonchev–Trinajstić information content (AvgIpc) is 3.52. The second-order valence-corrected chi connectivity index (χ2v) is 14.6. The highest BCUT2D eigenvalue weighted by Crippen LogP contribution is 2.55. The molecule has 1 aliphatic heterocycles. The minimum absolute atomic E-state index is 0.146. The third-order valence-corrected chi connectivity index (χ3v) is 9.49. The van der Waals surface area contributed by atoms with Crippen LogP contribution in [0.15, 0.2) is 103 Å². The van der Waals surface area contributed by atoms with E-state index in [4.69, 9.17) is 65.5 Å². The molecule has 1 heterocycles. The molecule has 0 aromatic heterocycles. The number of rotatable bonds is 9. The van der Waals surface area contributed by atoms with Gasteiger partial charge in [-0.05, 0) is 110 Å². The molecule has 0 radical (unpaired) electrons. The molecule has 0 saturated heterocycles. The number of carbonyl (C=O) groups excluding carboxylic acids is 2.